The quantitative estimate of drug-likeness (QED) is 0.679. The molecule has 2 aliphatic rings. The minimum absolute atomic E-state index is 0.0167. The molecule has 3 N–H and O–H groups in total. The van der Waals surface area contributed by atoms with Gasteiger partial charge in [0.15, 0.2) is 0 Å². The van der Waals surface area contributed by atoms with Gasteiger partial charge in [-0.1, -0.05) is 37.1 Å². The number of allylic oxidation sites excluding steroid dienone is 2. The highest BCUT2D eigenvalue weighted by molar-refractivity contribution is 5.23. The van der Waals surface area contributed by atoms with Crippen LogP contribution in [0.1, 0.15) is 59.8 Å². The molecular weight excluding hydrogens is 288 g/mol. The summed E-state index contributed by atoms with van der Waals surface area (Å²) in [6.07, 6.45) is 8.56. The second-order valence-corrected chi connectivity index (χ2v) is 8.17. The molecule has 0 spiro atoms. The Kier molecular flexibility index (Phi) is 5.76. The lowest BCUT2D eigenvalue weighted by atomic mass is 9.45. The molecule has 23 heavy (non-hydrogen) atoms. The summed E-state index contributed by atoms with van der Waals surface area (Å²) in [6, 6.07) is 0. The first-order valence-corrected chi connectivity index (χ1v) is 9.03. The molecule has 1 saturated carbocycles. The van der Waals surface area contributed by atoms with Gasteiger partial charge in [-0.3, -0.25) is 0 Å². The molecule has 0 aliphatic heterocycles. The van der Waals surface area contributed by atoms with Gasteiger partial charge in [-0.2, -0.15) is 0 Å². The summed E-state index contributed by atoms with van der Waals surface area (Å²) in [7, 11) is 0. The first kappa shape index (κ1) is 18.7. The summed E-state index contributed by atoms with van der Waals surface area (Å²) in [4.78, 5) is 0. The lowest BCUT2D eigenvalue weighted by molar-refractivity contribution is -0.138. The van der Waals surface area contributed by atoms with E-state index >= 15 is 0 Å². The zero-order chi connectivity index (χ0) is 17.3. The molecule has 1 unspecified atom stereocenters. The van der Waals surface area contributed by atoms with Crippen molar-refractivity contribution < 1.29 is 15.3 Å². The van der Waals surface area contributed by atoms with Crippen molar-refractivity contribution in [1.82, 2.24) is 0 Å². The van der Waals surface area contributed by atoms with Crippen LogP contribution in [-0.2, 0) is 0 Å². The lowest BCUT2D eigenvalue weighted by Crippen LogP contribution is -2.57. The molecule has 0 saturated heterocycles. The van der Waals surface area contributed by atoms with Gasteiger partial charge in [-0.15, -0.1) is 0 Å². The van der Waals surface area contributed by atoms with Crippen LogP contribution in [0.2, 0.25) is 0 Å². The number of fused-ring (bicyclic) bond motifs is 1. The molecule has 0 heterocycles. The summed E-state index contributed by atoms with van der Waals surface area (Å²) in [5.74, 6) is 0.534. The molecular formula is C20H34O3. The topological polar surface area (TPSA) is 60.7 Å². The maximum atomic E-state index is 10.8. The molecule has 1 fully saturated rings. The first-order chi connectivity index (χ1) is 10.8. The van der Waals surface area contributed by atoms with Crippen LogP contribution in [-0.4, -0.2) is 34.6 Å². The van der Waals surface area contributed by atoms with Crippen molar-refractivity contribution in [2.75, 3.05) is 13.2 Å². The number of aliphatic hydroxyl groups is 3. The van der Waals surface area contributed by atoms with E-state index in [0.29, 0.717) is 12.3 Å². The smallest absolute Gasteiger partial charge is 0.0637 e. The van der Waals surface area contributed by atoms with Crippen molar-refractivity contribution in [3.8, 4) is 0 Å². The third-order valence-corrected chi connectivity index (χ3v) is 7.13. The van der Waals surface area contributed by atoms with Crippen LogP contribution in [0.15, 0.2) is 23.3 Å². The number of rotatable bonds is 5. The SMILES string of the molecule is CC1=CCCC2[C@@]1(C)[C@H](O)C[C@@H](CO)[C@]2(C)CC/C(C)=C/CO. The fraction of sp³-hybridized carbons (Fsp3) is 0.800. The number of hydrogen-bond donors (Lipinski definition) is 3. The van der Waals surface area contributed by atoms with E-state index in [4.69, 9.17) is 5.11 Å². The average molecular weight is 322 g/mol. The highest BCUT2D eigenvalue weighted by Crippen LogP contribution is 2.61. The number of aliphatic hydroxyl groups excluding tert-OH is 3. The Morgan fingerprint density at radius 1 is 1.35 bits per heavy atom. The van der Waals surface area contributed by atoms with Crippen molar-refractivity contribution >= 4 is 0 Å². The summed E-state index contributed by atoms with van der Waals surface area (Å²) >= 11 is 0. The minimum atomic E-state index is -0.372. The van der Waals surface area contributed by atoms with Crippen LogP contribution in [0.5, 0.6) is 0 Å². The van der Waals surface area contributed by atoms with Crippen molar-refractivity contribution in [2.24, 2.45) is 22.7 Å². The van der Waals surface area contributed by atoms with Gasteiger partial charge in [-0.25, -0.2) is 0 Å². The van der Waals surface area contributed by atoms with E-state index in [2.05, 4.69) is 33.8 Å². The minimum Gasteiger partial charge on any atom is -0.396 e. The highest BCUT2D eigenvalue weighted by atomic mass is 16.3. The maximum Gasteiger partial charge on any atom is 0.0637 e. The Morgan fingerprint density at radius 2 is 2.04 bits per heavy atom. The standard InChI is InChI=1S/C20H34O3/c1-14(9-11-21)8-10-19(3)16(13-22)12-18(23)20(4)15(2)6-5-7-17(19)20/h6,9,16-18,21-23H,5,7-8,10-13H2,1-4H3/b14-9+/t16-,17?,18+,19-,20-/m0/s1. The summed E-state index contributed by atoms with van der Waals surface area (Å²) in [6.45, 7) is 8.99. The van der Waals surface area contributed by atoms with Gasteiger partial charge in [0.1, 0.15) is 0 Å². The van der Waals surface area contributed by atoms with Crippen LogP contribution >= 0.6 is 0 Å². The first-order valence-electron chi connectivity index (χ1n) is 9.03. The van der Waals surface area contributed by atoms with Crippen molar-refractivity contribution in [3.63, 3.8) is 0 Å². The molecule has 2 rings (SSSR count). The Bertz CT molecular complexity index is 481. The molecule has 2 aliphatic carbocycles. The monoisotopic (exact) mass is 322 g/mol. The van der Waals surface area contributed by atoms with E-state index < -0.39 is 0 Å². The summed E-state index contributed by atoms with van der Waals surface area (Å²) in [5.41, 5.74) is 2.36. The molecule has 132 valence electrons. The fourth-order valence-corrected chi connectivity index (χ4v) is 5.22. The third-order valence-electron chi connectivity index (χ3n) is 7.13. The van der Waals surface area contributed by atoms with Crippen LogP contribution < -0.4 is 0 Å². The van der Waals surface area contributed by atoms with Crippen molar-refractivity contribution in [1.29, 1.82) is 0 Å². The van der Waals surface area contributed by atoms with E-state index in [9.17, 15) is 10.2 Å². The van der Waals surface area contributed by atoms with Crippen LogP contribution in [0.25, 0.3) is 0 Å². The van der Waals surface area contributed by atoms with Gasteiger partial charge in [0, 0.05) is 12.0 Å². The van der Waals surface area contributed by atoms with Gasteiger partial charge in [-0.05, 0) is 63.2 Å². The van der Waals surface area contributed by atoms with E-state index in [1.165, 1.54) is 11.1 Å². The largest absolute Gasteiger partial charge is 0.396 e. The van der Waals surface area contributed by atoms with Gasteiger partial charge in [0.25, 0.3) is 0 Å². The van der Waals surface area contributed by atoms with Crippen LogP contribution in [0.3, 0.4) is 0 Å². The van der Waals surface area contributed by atoms with Crippen molar-refractivity contribution in [2.45, 2.75) is 65.9 Å². The molecule has 0 aromatic heterocycles. The normalized spacial score (nSPS) is 41.4. The Hall–Kier alpha value is -0.640. The van der Waals surface area contributed by atoms with Crippen molar-refractivity contribution in [3.05, 3.63) is 23.3 Å². The highest BCUT2D eigenvalue weighted by Gasteiger charge is 2.57. The molecule has 0 aromatic rings. The molecule has 0 aromatic carbocycles. The van der Waals surface area contributed by atoms with E-state index in [0.717, 1.165) is 25.7 Å². The zero-order valence-corrected chi connectivity index (χ0v) is 15.2. The van der Waals surface area contributed by atoms with Gasteiger partial charge >= 0.3 is 0 Å². The average Bonchev–Trinajstić information content (AvgIpc) is 2.52. The maximum absolute atomic E-state index is 10.8. The van der Waals surface area contributed by atoms with Gasteiger partial charge in [0.2, 0.25) is 0 Å². The third kappa shape index (κ3) is 3.16. The molecule has 3 nitrogen and oxygen atoms in total. The predicted octanol–water partition coefficient (Wildman–Crippen LogP) is 3.45. The molecule has 5 atom stereocenters. The summed E-state index contributed by atoms with van der Waals surface area (Å²) in [5, 5.41) is 29.9. The fourth-order valence-electron chi connectivity index (χ4n) is 5.22. The summed E-state index contributed by atoms with van der Waals surface area (Å²) < 4.78 is 0. The Balaban J connectivity index is 2.34. The predicted molar refractivity (Wildman–Crippen MR) is 94.0 cm³/mol. The van der Waals surface area contributed by atoms with E-state index in [1.54, 1.807) is 0 Å². The Morgan fingerprint density at radius 3 is 2.65 bits per heavy atom. The molecule has 3 heteroatoms. The lowest BCUT2D eigenvalue weighted by Gasteiger charge is -2.60. The molecule has 0 amide bonds. The second kappa shape index (κ2) is 7.08. The zero-order valence-electron chi connectivity index (χ0n) is 15.2. The molecule has 0 radical (unpaired) electrons. The second-order valence-electron chi connectivity index (χ2n) is 8.17. The van der Waals surface area contributed by atoms with Crippen LogP contribution in [0.4, 0.5) is 0 Å². The van der Waals surface area contributed by atoms with Gasteiger partial charge in [0.05, 0.1) is 12.7 Å². The van der Waals surface area contributed by atoms with Gasteiger partial charge < -0.3 is 15.3 Å². The molecule has 0 bridgehead atoms. The van der Waals surface area contributed by atoms with E-state index in [1.807, 2.05) is 6.08 Å². The number of hydrogen-bond acceptors (Lipinski definition) is 3. The van der Waals surface area contributed by atoms with E-state index in [-0.39, 0.29) is 36.1 Å². The Labute approximate surface area is 141 Å². The van der Waals surface area contributed by atoms with Crippen LogP contribution in [0, 0.1) is 22.7 Å².